The van der Waals surface area contributed by atoms with Gasteiger partial charge in [0.15, 0.2) is 0 Å². The highest BCUT2D eigenvalue weighted by atomic mass is 79.9. The number of benzene rings is 1. The Morgan fingerprint density at radius 2 is 2.00 bits per heavy atom. The molecule has 0 spiro atoms. The number of aliphatic carboxylic acids is 1. The van der Waals surface area contributed by atoms with Crippen molar-refractivity contribution < 1.29 is 19.1 Å². The fourth-order valence-corrected chi connectivity index (χ4v) is 2.69. The molecule has 0 atom stereocenters. The van der Waals surface area contributed by atoms with Gasteiger partial charge in [-0.1, -0.05) is 15.9 Å². The molecular formula is C14H16BrFN2O3. The maximum absolute atomic E-state index is 13.8. The molecule has 1 aromatic carbocycles. The number of rotatable bonds is 3. The Bertz CT molecular complexity index is 553. The molecule has 1 N–H and O–H groups in total. The zero-order chi connectivity index (χ0) is 15.4. The highest BCUT2D eigenvalue weighted by Gasteiger charge is 2.23. The Hall–Kier alpha value is -1.47. The molecule has 0 radical (unpaired) electrons. The van der Waals surface area contributed by atoms with Crippen LogP contribution in [0.1, 0.15) is 16.8 Å². The molecule has 1 amide bonds. The third kappa shape index (κ3) is 4.25. The van der Waals surface area contributed by atoms with Crippen LogP contribution in [-0.4, -0.2) is 59.5 Å². The first-order valence-corrected chi connectivity index (χ1v) is 7.45. The lowest BCUT2D eigenvalue weighted by atomic mass is 10.2. The summed E-state index contributed by atoms with van der Waals surface area (Å²) in [6, 6.07) is 4.36. The molecule has 0 saturated carbocycles. The van der Waals surface area contributed by atoms with Gasteiger partial charge in [-0.2, -0.15) is 0 Å². The standard InChI is InChI=1S/C14H16BrFN2O3/c15-10-2-3-11(12(16)8-10)14(21)18-5-1-4-17(6-7-18)9-13(19)20/h2-3,8H,1,4-7,9H2,(H,19,20). The number of hydrogen-bond donors (Lipinski definition) is 1. The van der Waals surface area contributed by atoms with Crippen molar-refractivity contribution in [3.8, 4) is 0 Å². The molecule has 1 fully saturated rings. The van der Waals surface area contributed by atoms with E-state index >= 15 is 0 Å². The van der Waals surface area contributed by atoms with Gasteiger partial charge in [-0.15, -0.1) is 0 Å². The number of carboxylic acids is 1. The third-order valence-corrected chi connectivity index (χ3v) is 3.89. The Kier molecular flexibility index (Phi) is 5.30. The van der Waals surface area contributed by atoms with E-state index in [2.05, 4.69) is 15.9 Å². The van der Waals surface area contributed by atoms with Crippen LogP contribution in [0, 0.1) is 5.82 Å². The Morgan fingerprint density at radius 1 is 1.24 bits per heavy atom. The predicted octanol–water partition coefficient (Wildman–Crippen LogP) is 1.82. The van der Waals surface area contributed by atoms with E-state index in [1.165, 1.54) is 12.1 Å². The van der Waals surface area contributed by atoms with Gasteiger partial charge in [-0.05, 0) is 24.6 Å². The molecule has 0 bridgehead atoms. The number of hydrogen-bond acceptors (Lipinski definition) is 3. The van der Waals surface area contributed by atoms with Gasteiger partial charge in [0, 0.05) is 30.7 Å². The molecule has 1 heterocycles. The lowest BCUT2D eigenvalue weighted by Crippen LogP contribution is -2.37. The summed E-state index contributed by atoms with van der Waals surface area (Å²) in [6.07, 6.45) is 0.678. The minimum absolute atomic E-state index is 0.0331. The summed E-state index contributed by atoms with van der Waals surface area (Å²) in [5.41, 5.74) is 0.0462. The molecule has 0 aromatic heterocycles. The number of halogens is 2. The van der Waals surface area contributed by atoms with E-state index < -0.39 is 11.8 Å². The molecule has 2 rings (SSSR count). The zero-order valence-electron chi connectivity index (χ0n) is 11.4. The van der Waals surface area contributed by atoms with Crippen LogP contribution in [-0.2, 0) is 4.79 Å². The Balaban J connectivity index is 2.04. The molecule has 1 aliphatic heterocycles. The second-order valence-corrected chi connectivity index (χ2v) is 5.86. The summed E-state index contributed by atoms with van der Waals surface area (Å²) in [6.45, 7) is 1.98. The molecule has 1 aliphatic rings. The lowest BCUT2D eigenvalue weighted by Gasteiger charge is -2.21. The van der Waals surface area contributed by atoms with Crippen LogP contribution >= 0.6 is 15.9 Å². The van der Waals surface area contributed by atoms with Crippen LogP contribution in [0.4, 0.5) is 4.39 Å². The first kappa shape index (κ1) is 15.9. The normalized spacial score (nSPS) is 16.6. The topological polar surface area (TPSA) is 60.9 Å². The first-order chi connectivity index (χ1) is 9.97. The summed E-state index contributed by atoms with van der Waals surface area (Å²) in [5.74, 6) is -1.79. The van der Waals surface area contributed by atoms with E-state index in [4.69, 9.17) is 5.11 Å². The zero-order valence-corrected chi connectivity index (χ0v) is 13.0. The molecule has 1 aromatic rings. The van der Waals surface area contributed by atoms with Crippen molar-refractivity contribution >= 4 is 27.8 Å². The van der Waals surface area contributed by atoms with E-state index in [1.54, 1.807) is 15.9 Å². The number of carboxylic acid groups (broad SMARTS) is 1. The first-order valence-electron chi connectivity index (χ1n) is 6.66. The fraction of sp³-hybridized carbons (Fsp3) is 0.429. The number of carbonyl (C=O) groups is 2. The Morgan fingerprint density at radius 3 is 2.67 bits per heavy atom. The third-order valence-electron chi connectivity index (χ3n) is 3.40. The molecule has 1 saturated heterocycles. The SMILES string of the molecule is O=C(O)CN1CCCN(C(=O)c2ccc(Br)cc2F)CC1. The highest BCUT2D eigenvalue weighted by Crippen LogP contribution is 2.17. The molecule has 0 aliphatic carbocycles. The minimum atomic E-state index is -0.881. The maximum Gasteiger partial charge on any atom is 0.317 e. The largest absolute Gasteiger partial charge is 0.480 e. The van der Waals surface area contributed by atoms with Crippen LogP contribution in [0.5, 0.6) is 0 Å². The maximum atomic E-state index is 13.8. The van der Waals surface area contributed by atoms with Crippen LogP contribution in [0.2, 0.25) is 0 Å². The van der Waals surface area contributed by atoms with Gasteiger partial charge in [0.25, 0.3) is 5.91 Å². The summed E-state index contributed by atoms with van der Waals surface area (Å²) < 4.78 is 14.4. The molecule has 7 heteroatoms. The van der Waals surface area contributed by atoms with Gasteiger partial charge < -0.3 is 10.0 Å². The van der Waals surface area contributed by atoms with Crippen LogP contribution in [0.15, 0.2) is 22.7 Å². The smallest absolute Gasteiger partial charge is 0.317 e. The van der Waals surface area contributed by atoms with E-state index in [-0.39, 0.29) is 18.0 Å². The predicted molar refractivity (Wildman–Crippen MR) is 78.7 cm³/mol. The number of carbonyl (C=O) groups excluding carboxylic acids is 1. The monoisotopic (exact) mass is 358 g/mol. The van der Waals surface area contributed by atoms with E-state index in [0.29, 0.717) is 37.1 Å². The summed E-state index contributed by atoms with van der Waals surface area (Å²) >= 11 is 3.16. The van der Waals surface area contributed by atoms with E-state index in [0.717, 1.165) is 0 Å². The van der Waals surface area contributed by atoms with Crippen LogP contribution in [0.25, 0.3) is 0 Å². The van der Waals surface area contributed by atoms with Gasteiger partial charge in [0.1, 0.15) is 5.82 Å². The molecule has 5 nitrogen and oxygen atoms in total. The van der Waals surface area contributed by atoms with Crippen molar-refractivity contribution in [2.24, 2.45) is 0 Å². The molecule has 0 unspecified atom stereocenters. The van der Waals surface area contributed by atoms with E-state index in [1.807, 2.05) is 0 Å². The van der Waals surface area contributed by atoms with Gasteiger partial charge in [0.2, 0.25) is 0 Å². The summed E-state index contributed by atoms with van der Waals surface area (Å²) in [7, 11) is 0. The average Bonchev–Trinajstić information content (AvgIpc) is 2.63. The molecule has 114 valence electrons. The van der Waals surface area contributed by atoms with Gasteiger partial charge in [-0.3, -0.25) is 14.5 Å². The van der Waals surface area contributed by atoms with Crippen molar-refractivity contribution in [1.82, 2.24) is 9.80 Å². The number of nitrogens with zero attached hydrogens (tertiary/aromatic N) is 2. The van der Waals surface area contributed by atoms with Crippen molar-refractivity contribution in [2.75, 3.05) is 32.7 Å². The van der Waals surface area contributed by atoms with Crippen molar-refractivity contribution in [2.45, 2.75) is 6.42 Å². The van der Waals surface area contributed by atoms with Crippen molar-refractivity contribution in [3.63, 3.8) is 0 Å². The second-order valence-electron chi connectivity index (χ2n) is 4.94. The average molecular weight is 359 g/mol. The van der Waals surface area contributed by atoms with Gasteiger partial charge in [-0.25, -0.2) is 4.39 Å². The van der Waals surface area contributed by atoms with Crippen molar-refractivity contribution in [3.05, 3.63) is 34.1 Å². The van der Waals surface area contributed by atoms with Gasteiger partial charge in [0.05, 0.1) is 12.1 Å². The second kappa shape index (κ2) is 7.00. The Labute approximate surface area is 130 Å². The van der Waals surface area contributed by atoms with Crippen LogP contribution in [0.3, 0.4) is 0 Å². The lowest BCUT2D eigenvalue weighted by molar-refractivity contribution is -0.138. The minimum Gasteiger partial charge on any atom is -0.480 e. The fourth-order valence-electron chi connectivity index (χ4n) is 2.36. The highest BCUT2D eigenvalue weighted by molar-refractivity contribution is 9.10. The van der Waals surface area contributed by atoms with E-state index in [9.17, 15) is 14.0 Å². The van der Waals surface area contributed by atoms with Crippen molar-refractivity contribution in [1.29, 1.82) is 0 Å². The van der Waals surface area contributed by atoms with Crippen LogP contribution < -0.4 is 0 Å². The summed E-state index contributed by atoms with van der Waals surface area (Å²) in [4.78, 5) is 26.4. The molecular weight excluding hydrogens is 343 g/mol. The summed E-state index contributed by atoms with van der Waals surface area (Å²) in [5, 5.41) is 8.80. The quantitative estimate of drug-likeness (QED) is 0.895. The number of amides is 1. The van der Waals surface area contributed by atoms with Gasteiger partial charge >= 0.3 is 5.97 Å². The molecule has 21 heavy (non-hydrogen) atoms.